The number of hydrogen-bond donors (Lipinski definition) is 2. The van der Waals surface area contributed by atoms with Gasteiger partial charge in [-0.1, -0.05) is 0 Å². The van der Waals surface area contributed by atoms with Crippen LogP contribution in [0.25, 0.3) is 0 Å². The molecule has 0 aliphatic carbocycles. The quantitative estimate of drug-likeness (QED) is 0.306. The van der Waals surface area contributed by atoms with Gasteiger partial charge in [-0.25, -0.2) is 4.99 Å². The van der Waals surface area contributed by atoms with Crippen LogP contribution in [0.1, 0.15) is 26.7 Å². The molecule has 2 N–H and O–H groups in total. The number of guanidine groups is 1. The molecule has 0 spiro atoms. The molecule has 1 heterocycles. The van der Waals surface area contributed by atoms with Crippen molar-refractivity contribution in [3.05, 3.63) is 0 Å². The molecular weight excluding hydrogens is 334 g/mol. The van der Waals surface area contributed by atoms with E-state index in [0.717, 1.165) is 65.4 Å². The fourth-order valence-corrected chi connectivity index (χ4v) is 2.37. The average Bonchev–Trinajstić information content (AvgIpc) is 2.62. The van der Waals surface area contributed by atoms with Crippen LogP contribution in [-0.2, 0) is 14.3 Å². The molecule has 152 valence electrons. The molecule has 0 bridgehead atoms. The fourth-order valence-electron chi connectivity index (χ4n) is 2.37. The van der Waals surface area contributed by atoms with Crippen LogP contribution in [0.15, 0.2) is 4.99 Å². The minimum Gasteiger partial charge on any atom is -0.379 e. The van der Waals surface area contributed by atoms with Crippen molar-refractivity contribution in [3.8, 4) is 0 Å². The lowest BCUT2D eigenvalue weighted by molar-refractivity contribution is -0.127. The summed E-state index contributed by atoms with van der Waals surface area (Å²) in [7, 11) is 3.48. The van der Waals surface area contributed by atoms with Crippen molar-refractivity contribution in [1.29, 1.82) is 0 Å². The molecule has 1 aliphatic rings. The van der Waals surface area contributed by atoms with Crippen molar-refractivity contribution >= 4 is 11.9 Å². The largest absolute Gasteiger partial charge is 0.379 e. The van der Waals surface area contributed by atoms with Gasteiger partial charge in [0.2, 0.25) is 5.91 Å². The standard InChI is InChI=1S/C18H37N5O3/c1-16(2)26-12-6-5-7-19-18(21-15-17(24)22(3)4)20-8-9-23-10-13-25-14-11-23/h16H,5-15H2,1-4H3,(H2,19,20,21). The molecule has 8 heteroatoms. The van der Waals surface area contributed by atoms with Crippen molar-refractivity contribution in [3.63, 3.8) is 0 Å². The van der Waals surface area contributed by atoms with Gasteiger partial charge in [0, 0.05) is 53.4 Å². The lowest BCUT2D eigenvalue weighted by Gasteiger charge is -2.26. The maximum absolute atomic E-state index is 11.8. The van der Waals surface area contributed by atoms with Crippen LogP contribution < -0.4 is 10.6 Å². The zero-order valence-corrected chi connectivity index (χ0v) is 16.9. The van der Waals surface area contributed by atoms with E-state index in [1.807, 2.05) is 13.8 Å². The zero-order valence-electron chi connectivity index (χ0n) is 16.9. The topological polar surface area (TPSA) is 78.4 Å². The molecular formula is C18H37N5O3. The number of hydrogen-bond acceptors (Lipinski definition) is 5. The predicted octanol–water partition coefficient (Wildman–Crippen LogP) is 0.147. The van der Waals surface area contributed by atoms with Gasteiger partial charge in [-0.2, -0.15) is 0 Å². The molecule has 26 heavy (non-hydrogen) atoms. The number of nitrogens with one attached hydrogen (secondary N) is 2. The van der Waals surface area contributed by atoms with Gasteiger partial charge in [0.1, 0.15) is 6.54 Å². The van der Waals surface area contributed by atoms with Crippen molar-refractivity contribution < 1.29 is 14.3 Å². The highest BCUT2D eigenvalue weighted by Gasteiger charge is 2.10. The number of carbonyl (C=O) groups is 1. The van der Waals surface area contributed by atoms with Gasteiger partial charge < -0.3 is 25.0 Å². The molecule has 1 fully saturated rings. The number of likely N-dealkylation sites (N-methyl/N-ethyl adjacent to an activating group) is 1. The maximum atomic E-state index is 11.8. The van der Waals surface area contributed by atoms with Crippen molar-refractivity contribution in [2.75, 3.05) is 73.2 Å². The summed E-state index contributed by atoms with van der Waals surface area (Å²) in [6.45, 7) is 11.1. The number of amides is 1. The third kappa shape index (κ3) is 11.3. The first kappa shape index (κ1) is 22.7. The molecule has 0 unspecified atom stereocenters. The second kappa shape index (κ2) is 13.8. The third-order valence-corrected chi connectivity index (χ3v) is 4.01. The number of rotatable bonds is 11. The van der Waals surface area contributed by atoms with E-state index in [2.05, 4.69) is 20.5 Å². The summed E-state index contributed by atoms with van der Waals surface area (Å²) in [6, 6.07) is 0. The number of nitrogens with zero attached hydrogens (tertiary/aromatic N) is 3. The molecule has 1 amide bonds. The Balaban J connectivity index is 2.32. The van der Waals surface area contributed by atoms with Crippen molar-refractivity contribution in [2.24, 2.45) is 4.99 Å². The van der Waals surface area contributed by atoms with Crippen LogP contribution in [0.3, 0.4) is 0 Å². The Morgan fingerprint density at radius 3 is 2.54 bits per heavy atom. The second-order valence-corrected chi connectivity index (χ2v) is 6.89. The monoisotopic (exact) mass is 371 g/mol. The van der Waals surface area contributed by atoms with Crippen LogP contribution in [0.4, 0.5) is 0 Å². The minimum absolute atomic E-state index is 0.00962. The molecule has 8 nitrogen and oxygen atoms in total. The van der Waals surface area contributed by atoms with E-state index in [0.29, 0.717) is 5.96 Å². The maximum Gasteiger partial charge on any atom is 0.243 e. The van der Waals surface area contributed by atoms with E-state index in [-0.39, 0.29) is 18.6 Å². The number of aliphatic imine (C=N–C) groups is 1. The Morgan fingerprint density at radius 2 is 1.88 bits per heavy atom. The lowest BCUT2D eigenvalue weighted by atomic mass is 10.3. The predicted molar refractivity (Wildman–Crippen MR) is 105 cm³/mol. The molecule has 1 rings (SSSR count). The summed E-state index contributed by atoms with van der Waals surface area (Å²) in [5, 5.41) is 6.63. The molecule has 0 aromatic rings. The summed E-state index contributed by atoms with van der Waals surface area (Å²) in [5.41, 5.74) is 0. The van der Waals surface area contributed by atoms with Crippen LogP contribution in [0, 0.1) is 0 Å². The molecule has 1 saturated heterocycles. The van der Waals surface area contributed by atoms with Gasteiger partial charge in [-0.05, 0) is 26.7 Å². The minimum atomic E-state index is -0.00962. The Bertz CT molecular complexity index is 410. The van der Waals surface area contributed by atoms with E-state index in [4.69, 9.17) is 9.47 Å². The Morgan fingerprint density at radius 1 is 1.19 bits per heavy atom. The molecule has 0 aromatic carbocycles. The first-order chi connectivity index (χ1) is 12.5. The number of morpholine rings is 1. The molecule has 1 aliphatic heterocycles. The van der Waals surface area contributed by atoms with E-state index in [1.165, 1.54) is 0 Å². The van der Waals surface area contributed by atoms with Gasteiger partial charge in [-0.3, -0.25) is 9.69 Å². The van der Waals surface area contributed by atoms with Crippen LogP contribution >= 0.6 is 0 Å². The highest BCUT2D eigenvalue weighted by atomic mass is 16.5. The van der Waals surface area contributed by atoms with Gasteiger partial charge in [-0.15, -0.1) is 0 Å². The molecule has 0 atom stereocenters. The van der Waals surface area contributed by atoms with E-state index in [9.17, 15) is 4.79 Å². The SMILES string of the molecule is CC(C)OCCCCNC(=NCC(=O)N(C)C)NCCN1CCOCC1. The average molecular weight is 372 g/mol. The van der Waals surface area contributed by atoms with Crippen molar-refractivity contribution in [2.45, 2.75) is 32.8 Å². The zero-order chi connectivity index (χ0) is 19.2. The number of unbranched alkanes of at least 4 members (excludes halogenated alkanes) is 1. The van der Waals surface area contributed by atoms with E-state index in [1.54, 1.807) is 19.0 Å². The molecule has 0 radical (unpaired) electrons. The summed E-state index contributed by atoms with van der Waals surface area (Å²) >= 11 is 0. The third-order valence-electron chi connectivity index (χ3n) is 4.01. The van der Waals surface area contributed by atoms with E-state index < -0.39 is 0 Å². The van der Waals surface area contributed by atoms with Crippen LogP contribution in [0.2, 0.25) is 0 Å². The van der Waals surface area contributed by atoms with Gasteiger partial charge >= 0.3 is 0 Å². The van der Waals surface area contributed by atoms with Gasteiger partial charge in [0.25, 0.3) is 0 Å². The Kier molecular flexibility index (Phi) is 12.0. The highest BCUT2D eigenvalue weighted by Crippen LogP contribution is 1.95. The van der Waals surface area contributed by atoms with Crippen molar-refractivity contribution in [1.82, 2.24) is 20.4 Å². The fraction of sp³-hybridized carbons (Fsp3) is 0.889. The molecule has 0 aromatic heterocycles. The summed E-state index contributed by atoms with van der Waals surface area (Å²) in [6.07, 6.45) is 2.28. The Hall–Kier alpha value is -1.38. The van der Waals surface area contributed by atoms with Gasteiger partial charge in [0.15, 0.2) is 5.96 Å². The smallest absolute Gasteiger partial charge is 0.243 e. The second-order valence-electron chi connectivity index (χ2n) is 6.89. The van der Waals surface area contributed by atoms with E-state index >= 15 is 0 Å². The van der Waals surface area contributed by atoms with Gasteiger partial charge in [0.05, 0.1) is 19.3 Å². The van der Waals surface area contributed by atoms with Crippen LogP contribution in [0.5, 0.6) is 0 Å². The number of carbonyl (C=O) groups excluding carboxylic acids is 1. The lowest BCUT2D eigenvalue weighted by Crippen LogP contribution is -2.45. The first-order valence-corrected chi connectivity index (χ1v) is 9.63. The normalized spacial score (nSPS) is 16.0. The summed E-state index contributed by atoms with van der Waals surface area (Å²) in [4.78, 5) is 20.1. The summed E-state index contributed by atoms with van der Waals surface area (Å²) in [5.74, 6) is 0.683. The number of ether oxygens (including phenoxy) is 2. The molecule has 0 saturated carbocycles. The van der Waals surface area contributed by atoms with Crippen LogP contribution in [-0.4, -0.2) is 101 Å². The summed E-state index contributed by atoms with van der Waals surface area (Å²) < 4.78 is 10.9. The Labute approximate surface area is 158 Å². The highest BCUT2D eigenvalue weighted by molar-refractivity contribution is 5.84. The first-order valence-electron chi connectivity index (χ1n) is 9.63.